The van der Waals surface area contributed by atoms with Crippen molar-refractivity contribution in [1.29, 1.82) is 0 Å². The molecule has 3 heteroatoms. The molecule has 0 saturated heterocycles. The lowest BCUT2D eigenvalue weighted by Crippen LogP contribution is -2.12. The van der Waals surface area contributed by atoms with Gasteiger partial charge in [0.05, 0.1) is 5.60 Å². The van der Waals surface area contributed by atoms with Crippen LogP contribution in [-0.4, -0.2) is 15.8 Å². The maximum absolute atomic E-state index is 9.85. The van der Waals surface area contributed by atoms with Gasteiger partial charge in [0.2, 0.25) is 0 Å². The number of aryl methyl sites for hydroxylation is 1. The molecule has 2 nitrogen and oxygen atoms in total. The summed E-state index contributed by atoms with van der Waals surface area (Å²) < 4.78 is 0. The van der Waals surface area contributed by atoms with Crippen molar-refractivity contribution in [3.8, 4) is 5.75 Å². The van der Waals surface area contributed by atoms with Gasteiger partial charge >= 0.3 is 0 Å². The predicted molar refractivity (Wildman–Crippen MR) is 60.5 cm³/mol. The number of phenolic OH excluding ortho intramolecular Hbond substituents is 1. The summed E-state index contributed by atoms with van der Waals surface area (Å²) in [6.45, 7) is 3.67. The molecule has 1 saturated carbocycles. The number of aliphatic hydroxyl groups is 1. The van der Waals surface area contributed by atoms with Crippen LogP contribution in [0.3, 0.4) is 0 Å². The molecular formula is C12H15ClO2. The lowest BCUT2D eigenvalue weighted by atomic mass is 9.98. The summed E-state index contributed by atoms with van der Waals surface area (Å²) in [6, 6.07) is 1.75. The van der Waals surface area contributed by atoms with E-state index in [1.807, 2.05) is 13.8 Å². The molecule has 82 valence electrons. The third-order valence-electron chi connectivity index (χ3n) is 3.15. The van der Waals surface area contributed by atoms with Gasteiger partial charge in [-0.1, -0.05) is 11.6 Å². The van der Waals surface area contributed by atoms with Gasteiger partial charge in [-0.15, -0.1) is 0 Å². The standard InChI is InChI=1S/C12H15ClO2/c1-7-5-10(13)9(8(2)11(7)14)6-12(15)3-4-12/h5,14-15H,3-4,6H2,1-2H3. The third-order valence-corrected chi connectivity index (χ3v) is 3.48. The van der Waals surface area contributed by atoms with Crippen molar-refractivity contribution in [2.45, 2.75) is 38.7 Å². The van der Waals surface area contributed by atoms with Gasteiger partial charge in [0.15, 0.2) is 0 Å². The Kier molecular flexibility index (Phi) is 2.44. The molecule has 0 aromatic heterocycles. The van der Waals surface area contributed by atoms with Crippen LogP contribution >= 0.6 is 11.6 Å². The van der Waals surface area contributed by atoms with Gasteiger partial charge in [0, 0.05) is 11.4 Å². The summed E-state index contributed by atoms with van der Waals surface area (Å²) in [4.78, 5) is 0. The van der Waals surface area contributed by atoms with Crippen LogP contribution in [-0.2, 0) is 6.42 Å². The van der Waals surface area contributed by atoms with E-state index >= 15 is 0 Å². The van der Waals surface area contributed by atoms with Gasteiger partial charge in [-0.05, 0) is 49.4 Å². The van der Waals surface area contributed by atoms with E-state index in [-0.39, 0.29) is 0 Å². The van der Waals surface area contributed by atoms with Crippen LogP contribution in [0.15, 0.2) is 6.07 Å². The second-order valence-electron chi connectivity index (χ2n) is 4.53. The van der Waals surface area contributed by atoms with Gasteiger partial charge < -0.3 is 10.2 Å². The highest BCUT2D eigenvalue weighted by molar-refractivity contribution is 6.31. The average molecular weight is 227 g/mol. The number of aromatic hydroxyl groups is 1. The normalized spacial score (nSPS) is 17.9. The number of phenols is 1. The molecule has 1 aliphatic rings. The van der Waals surface area contributed by atoms with E-state index in [0.29, 0.717) is 17.2 Å². The van der Waals surface area contributed by atoms with Gasteiger partial charge in [-0.2, -0.15) is 0 Å². The van der Waals surface area contributed by atoms with Gasteiger partial charge in [-0.3, -0.25) is 0 Å². The first-order chi connectivity index (χ1) is 6.93. The van der Waals surface area contributed by atoms with Crippen molar-refractivity contribution in [2.24, 2.45) is 0 Å². The van der Waals surface area contributed by atoms with E-state index in [0.717, 1.165) is 29.5 Å². The van der Waals surface area contributed by atoms with Crippen LogP contribution in [0.5, 0.6) is 5.75 Å². The Morgan fingerprint density at radius 2 is 2.00 bits per heavy atom. The van der Waals surface area contributed by atoms with Crippen molar-refractivity contribution < 1.29 is 10.2 Å². The van der Waals surface area contributed by atoms with Crippen LogP contribution in [0, 0.1) is 13.8 Å². The first-order valence-electron chi connectivity index (χ1n) is 5.13. The van der Waals surface area contributed by atoms with Crippen LogP contribution in [0.2, 0.25) is 5.02 Å². The largest absolute Gasteiger partial charge is 0.507 e. The molecule has 0 spiro atoms. The quantitative estimate of drug-likeness (QED) is 0.814. The fourth-order valence-electron chi connectivity index (χ4n) is 1.83. The van der Waals surface area contributed by atoms with Crippen LogP contribution in [0.25, 0.3) is 0 Å². The highest BCUT2D eigenvalue weighted by atomic mass is 35.5. The maximum atomic E-state index is 9.85. The van der Waals surface area contributed by atoms with E-state index in [1.54, 1.807) is 6.07 Å². The molecule has 1 aromatic rings. The van der Waals surface area contributed by atoms with Crippen LogP contribution < -0.4 is 0 Å². The van der Waals surface area contributed by atoms with Crippen molar-refractivity contribution in [3.05, 3.63) is 27.8 Å². The van der Waals surface area contributed by atoms with Crippen LogP contribution in [0.1, 0.15) is 29.5 Å². The molecule has 15 heavy (non-hydrogen) atoms. The number of halogens is 1. The highest BCUT2D eigenvalue weighted by Crippen LogP contribution is 2.42. The van der Waals surface area contributed by atoms with E-state index < -0.39 is 5.60 Å². The molecule has 2 N–H and O–H groups in total. The Morgan fingerprint density at radius 1 is 1.40 bits per heavy atom. The lowest BCUT2D eigenvalue weighted by molar-refractivity contribution is 0.150. The molecule has 0 radical (unpaired) electrons. The molecule has 1 aromatic carbocycles. The summed E-state index contributed by atoms with van der Waals surface area (Å²) in [6.07, 6.45) is 2.21. The van der Waals surface area contributed by atoms with Crippen molar-refractivity contribution >= 4 is 11.6 Å². The minimum Gasteiger partial charge on any atom is -0.507 e. The van der Waals surface area contributed by atoms with Crippen molar-refractivity contribution in [2.75, 3.05) is 0 Å². The monoisotopic (exact) mass is 226 g/mol. The molecule has 0 aliphatic heterocycles. The Balaban J connectivity index is 2.41. The zero-order chi connectivity index (χ0) is 11.2. The van der Waals surface area contributed by atoms with Crippen molar-refractivity contribution in [3.63, 3.8) is 0 Å². The summed E-state index contributed by atoms with van der Waals surface area (Å²) in [5.74, 6) is 0.290. The van der Waals surface area contributed by atoms with E-state index in [2.05, 4.69) is 0 Å². The summed E-state index contributed by atoms with van der Waals surface area (Å²) in [7, 11) is 0. The van der Waals surface area contributed by atoms with Crippen LogP contribution in [0.4, 0.5) is 0 Å². The Bertz CT molecular complexity index is 409. The molecule has 0 atom stereocenters. The van der Waals surface area contributed by atoms with Crippen molar-refractivity contribution in [1.82, 2.24) is 0 Å². The smallest absolute Gasteiger partial charge is 0.121 e. The average Bonchev–Trinajstić information content (AvgIpc) is 2.89. The fourth-order valence-corrected chi connectivity index (χ4v) is 2.20. The number of hydrogen-bond donors (Lipinski definition) is 2. The Hall–Kier alpha value is -0.730. The molecule has 2 rings (SSSR count). The Morgan fingerprint density at radius 3 is 2.53 bits per heavy atom. The highest BCUT2D eigenvalue weighted by Gasteiger charge is 2.41. The molecule has 1 fully saturated rings. The number of benzene rings is 1. The minimum absolute atomic E-state index is 0.290. The number of hydrogen-bond acceptors (Lipinski definition) is 2. The second-order valence-corrected chi connectivity index (χ2v) is 4.94. The fraction of sp³-hybridized carbons (Fsp3) is 0.500. The molecule has 0 heterocycles. The van der Waals surface area contributed by atoms with Gasteiger partial charge in [0.25, 0.3) is 0 Å². The first kappa shape index (κ1) is 10.8. The zero-order valence-electron chi connectivity index (χ0n) is 8.97. The number of rotatable bonds is 2. The third kappa shape index (κ3) is 1.97. The SMILES string of the molecule is Cc1cc(Cl)c(CC2(O)CC2)c(C)c1O. The molecule has 0 amide bonds. The second kappa shape index (κ2) is 3.39. The first-order valence-corrected chi connectivity index (χ1v) is 5.51. The van der Waals surface area contributed by atoms with Gasteiger partial charge in [0.1, 0.15) is 5.75 Å². The zero-order valence-corrected chi connectivity index (χ0v) is 9.73. The molecular weight excluding hydrogens is 212 g/mol. The lowest BCUT2D eigenvalue weighted by Gasteiger charge is -2.15. The summed E-state index contributed by atoms with van der Waals surface area (Å²) in [5.41, 5.74) is 1.87. The summed E-state index contributed by atoms with van der Waals surface area (Å²) in [5, 5.41) is 20.3. The van der Waals surface area contributed by atoms with E-state index in [9.17, 15) is 10.2 Å². The van der Waals surface area contributed by atoms with E-state index in [4.69, 9.17) is 11.6 Å². The van der Waals surface area contributed by atoms with Gasteiger partial charge in [-0.25, -0.2) is 0 Å². The molecule has 1 aliphatic carbocycles. The predicted octanol–water partition coefficient (Wildman–Crippen LogP) is 2.73. The minimum atomic E-state index is -0.573. The maximum Gasteiger partial charge on any atom is 0.121 e. The molecule has 0 bridgehead atoms. The Labute approximate surface area is 94.5 Å². The molecule has 0 unspecified atom stereocenters. The topological polar surface area (TPSA) is 40.5 Å². The van der Waals surface area contributed by atoms with E-state index in [1.165, 1.54) is 0 Å². The summed E-state index contributed by atoms with van der Waals surface area (Å²) >= 11 is 6.12.